The van der Waals surface area contributed by atoms with Crippen molar-refractivity contribution in [2.45, 2.75) is 18.9 Å². The summed E-state index contributed by atoms with van der Waals surface area (Å²) >= 11 is 1.32. The molecule has 8 nitrogen and oxygen atoms in total. The predicted molar refractivity (Wildman–Crippen MR) is 117 cm³/mol. The molecule has 5 N–H and O–H groups in total. The summed E-state index contributed by atoms with van der Waals surface area (Å²) < 4.78 is 0. The average Bonchev–Trinajstić information content (AvgIpc) is 3.16. The lowest BCUT2D eigenvalue weighted by molar-refractivity contribution is -0.115. The number of aromatic nitrogens is 2. The fourth-order valence-electron chi connectivity index (χ4n) is 2.79. The maximum absolute atomic E-state index is 12.1. The summed E-state index contributed by atoms with van der Waals surface area (Å²) in [5.74, 6) is 0.133. The second-order valence-corrected chi connectivity index (χ2v) is 7.49. The van der Waals surface area contributed by atoms with Crippen LogP contribution in [0.4, 0.5) is 16.6 Å². The van der Waals surface area contributed by atoms with Crippen LogP contribution in [0.5, 0.6) is 0 Å². The fraction of sp³-hybridized carbons (Fsp3) is 0.238. The molecule has 154 valence electrons. The van der Waals surface area contributed by atoms with Crippen LogP contribution in [0.1, 0.15) is 23.1 Å². The summed E-state index contributed by atoms with van der Waals surface area (Å²) in [4.78, 5) is 23.5. The second-order valence-electron chi connectivity index (χ2n) is 6.60. The first-order valence-electron chi connectivity index (χ1n) is 9.35. The summed E-state index contributed by atoms with van der Waals surface area (Å²) in [7, 11) is 0. The van der Waals surface area contributed by atoms with E-state index >= 15 is 0 Å². The van der Waals surface area contributed by atoms with E-state index in [-0.39, 0.29) is 18.1 Å². The van der Waals surface area contributed by atoms with E-state index in [0.717, 1.165) is 17.7 Å². The molecule has 0 aliphatic heterocycles. The Bertz CT molecular complexity index is 1030. The monoisotopic (exact) mass is 422 g/mol. The van der Waals surface area contributed by atoms with Gasteiger partial charge in [-0.1, -0.05) is 24.8 Å². The molecule has 0 aliphatic carbocycles. The topological polar surface area (TPSA) is 118 Å². The molecular weight excluding hydrogens is 400 g/mol. The Labute approximate surface area is 178 Å². The molecule has 9 heteroatoms. The molecule has 2 aromatic heterocycles. The zero-order valence-electron chi connectivity index (χ0n) is 16.2. The van der Waals surface area contributed by atoms with Crippen LogP contribution in [0.25, 0.3) is 4.85 Å². The number of carbonyl (C=O) groups excluding carboxylic acids is 1. The highest BCUT2D eigenvalue weighted by Crippen LogP contribution is 2.15. The van der Waals surface area contributed by atoms with Gasteiger partial charge in [-0.3, -0.25) is 4.79 Å². The van der Waals surface area contributed by atoms with Gasteiger partial charge >= 0.3 is 0 Å². The smallest absolute Gasteiger partial charge is 0.269 e. The van der Waals surface area contributed by atoms with Crippen LogP contribution in [-0.4, -0.2) is 34.1 Å². The number of hydrogen-bond acceptors (Lipinski definition) is 7. The van der Waals surface area contributed by atoms with E-state index in [1.807, 2.05) is 24.3 Å². The standard InChI is InChI=1S/C21H22N6O2S/c1-23-19-4-2-3-17(27-19)18(28)12-24-10-9-14-5-7-15(8-6-14)25-20(29)11-16-13-30-21(22)26-16/h2-8,13,18,24,28H,9-12H2,(H2,22,26)(H,25,29). The Balaban J connectivity index is 1.40. The second kappa shape index (κ2) is 10.5. The molecule has 0 saturated carbocycles. The van der Waals surface area contributed by atoms with Crippen LogP contribution in [0.3, 0.4) is 0 Å². The number of hydrogen-bond donors (Lipinski definition) is 4. The van der Waals surface area contributed by atoms with Crippen molar-refractivity contribution in [1.29, 1.82) is 0 Å². The number of carbonyl (C=O) groups is 1. The van der Waals surface area contributed by atoms with E-state index in [1.54, 1.807) is 23.6 Å². The minimum atomic E-state index is -0.766. The predicted octanol–water partition coefficient (Wildman–Crippen LogP) is 2.72. The van der Waals surface area contributed by atoms with Crippen molar-refractivity contribution in [3.63, 3.8) is 0 Å². The maximum atomic E-state index is 12.1. The molecule has 3 aromatic rings. The minimum absolute atomic E-state index is 0.139. The number of anilines is 2. The van der Waals surface area contributed by atoms with E-state index in [4.69, 9.17) is 12.3 Å². The van der Waals surface area contributed by atoms with Gasteiger partial charge in [0.1, 0.15) is 6.10 Å². The number of nitrogens with zero attached hydrogens (tertiary/aromatic N) is 3. The lowest BCUT2D eigenvalue weighted by Crippen LogP contribution is -2.24. The van der Waals surface area contributed by atoms with E-state index in [9.17, 15) is 9.90 Å². The molecule has 0 fully saturated rings. The first-order chi connectivity index (χ1) is 14.5. The zero-order valence-corrected chi connectivity index (χ0v) is 17.0. The highest BCUT2D eigenvalue weighted by Gasteiger charge is 2.12. The molecular formula is C21H22N6O2S. The third-order valence-electron chi connectivity index (χ3n) is 4.29. The first kappa shape index (κ1) is 21.4. The number of rotatable bonds is 9. The van der Waals surface area contributed by atoms with Crippen molar-refractivity contribution in [2.75, 3.05) is 24.1 Å². The summed E-state index contributed by atoms with van der Waals surface area (Å²) in [6.07, 6.45) is 0.196. The Hall–Kier alpha value is -3.32. The molecule has 30 heavy (non-hydrogen) atoms. The Morgan fingerprint density at radius 3 is 2.73 bits per heavy atom. The van der Waals surface area contributed by atoms with Gasteiger partial charge in [0.2, 0.25) is 5.91 Å². The molecule has 0 radical (unpaired) electrons. The fourth-order valence-corrected chi connectivity index (χ4v) is 3.35. The van der Waals surface area contributed by atoms with Gasteiger partial charge in [-0.05, 0) is 42.8 Å². The summed E-state index contributed by atoms with van der Waals surface area (Å²) in [6.45, 7) is 8.01. The maximum Gasteiger partial charge on any atom is 0.269 e. The van der Waals surface area contributed by atoms with Gasteiger partial charge in [0, 0.05) is 17.6 Å². The largest absolute Gasteiger partial charge is 0.383 e. The SMILES string of the molecule is [C-]#[N+]c1cccc(C(O)CNCCc2ccc(NC(=O)Cc3csc(N)n3)cc2)n1. The van der Waals surface area contributed by atoms with Crippen LogP contribution in [0.2, 0.25) is 0 Å². The molecule has 1 aromatic carbocycles. The van der Waals surface area contributed by atoms with Crippen LogP contribution in [-0.2, 0) is 17.6 Å². The van der Waals surface area contributed by atoms with Gasteiger partial charge in [0.15, 0.2) is 10.8 Å². The van der Waals surface area contributed by atoms with Gasteiger partial charge in [0.05, 0.1) is 12.1 Å². The quantitative estimate of drug-likeness (QED) is 0.311. The van der Waals surface area contributed by atoms with Gasteiger partial charge in [-0.2, -0.15) is 0 Å². The molecule has 3 rings (SSSR count). The summed E-state index contributed by atoms with van der Waals surface area (Å²) in [5, 5.41) is 18.5. The Kier molecular flexibility index (Phi) is 7.45. The molecule has 1 amide bonds. The van der Waals surface area contributed by atoms with Crippen molar-refractivity contribution in [3.05, 3.63) is 76.2 Å². The summed E-state index contributed by atoms with van der Waals surface area (Å²) in [6, 6.07) is 12.7. The number of nitrogen functional groups attached to an aromatic ring is 1. The number of pyridine rings is 1. The van der Waals surface area contributed by atoms with Crippen LogP contribution in [0, 0.1) is 6.57 Å². The van der Waals surface area contributed by atoms with Gasteiger partial charge in [-0.25, -0.2) is 4.98 Å². The lowest BCUT2D eigenvalue weighted by Gasteiger charge is -2.10. The number of benzene rings is 1. The zero-order chi connectivity index (χ0) is 21.3. The highest BCUT2D eigenvalue weighted by atomic mass is 32.1. The van der Waals surface area contributed by atoms with Crippen molar-refractivity contribution in [1.82, 2.24) is 15.3 Å². The number of aliphatic hydroxyl groups excluding tert-OH is 1. The summed E-state index contributed by atoms with van der Waals surface area (Å²) in [5.41, 5.74) is 8.55. The third kappa shape index (κ3) is 6.35. The minimum Gasteiger partial charge on any atom is -0.383 e. The number of nitrogens with one attached hydrogen (secondary N) is 2. The van der Waals surface area contributed by atoms with Crippen LogP contribution >= 0.6 is 11.3 Å². The van der Waals surface area contributed by atoms with E-state index < -0.39 is 6.10 Å². The normalized spacial score (nSPS) is 11.6. The number of aliphatic hydroxyl groups is 1. The number of amides is 1. The lowest BCUT2D eigenvalue weighted by atomic mass is 10.1. The molecule has 2 heterocycles. The Morgan fingerprint density at radius 2 is 2.03 bits per heavy atom. The van der Waals surface area contributed by atoms with E-state index in [1.165, 1.54) is 11.3 Å². The van der Waals surface area contributed by atoms with Crippen molar-refractivity contribution < 1.29 is 9.90 Å². The van der Waals surface area contributed by atoms with Gasteiger partial charge < -0.3 is 26.3 Å². The highest BCUT2D eigenvalue weighted by molar-refractivity contribution is 7.13. The third-order valence-corrected chi connectivity index (χ3v) is 5.01. The average molecular weight is 423 g/mol. The van der Waals surface area contributed by atoms with Gasteiger partial charge in [-0.15, -0.1) is 16.3 Å². The first-order valence-corrected chi connectivity index (χ1v) is 10.2. The molecule has 1 atom stereocenters. The molecule has 0 saturated heterocycles. The number of nitrogens with two attached hydrogens (primary N) is 1. The van der Waals surface area contributed by atoms with E-state index in [2.05, 4.69) is 25.4 Å². The molecule has 0 spiro atoms. The molecule has 0 aliphatic rings. The van der Waals surface area contributed by atoms with Gasteiger partial charge in [0.25, 0.3) is 5.82 Å². The molecule has 0 bridgehead atoms. The number of thiazole rings is 1. The van der Waals surface area contributed by atoms with Crippen molar-refractivity contribution >= 4 is 33.9 Å². The Morgan fingerprint density at radius 1 is 1.23 bits per heavy atom. The van der Waals surface area contributed by atoms with Crippen LogP contribution in [0.15, 0.2) is 47.8 Å². The van der Waals surface area contributed by atoms with Crippen LogP contribution < -0.4 is 16.4 Å². The van der Waals surface area contributed by atoms with Crippen molar-refractivity contribution in [3.8, 4) is 0 Å². The van der Waals surface area contributed by atoms with E-state index in [0.29, 0.717) is 29.6 Å². The molecule has 1 unspecified atom stereocenters. The van der Waals surface area contributed by atoms with Crippen molar-refractivity contribution in [2.24, 2.45) is 0 Å².